The maximum atomic E-state index is 11.5. The van der Waals surface area contributed by atoms with E-state index in [0.29, 0.717) is 17.2 Å². The van der Waals surface area contributed by atoms with Crippen molar-refractivity contribution in [2.75, 3.05) is 0 Å². The van der Waals surface area contributed by atoms with Crippen molar-refractivity contribution in [1.29, 1.82) is 0 Å². The van der Waals surface area contributed by atoms with E-state index in [1.54, 1.807) is 0 Å². The monoisotopic (exact) mass is 261 g/mol. The number of rotatable bonds is 2. The van der Waals surface area contributed by atoms with Crippen LogP contribution >= 0.6 is 0 Å². The quantitative estimate of drug-likeness (QED) is 0.885. The molecule has 0 fully saturated rings. The predicted octanol–water partition coefficient (Wildman–Crippen LogP) is 3.59. The molecule has 1 aliphatic rings. The van der Waals surface area contributed by atoms with Crippen molar-refractivity contribution < 1.29 is 9.90 Å². The molecule has 0 aromatic carbocycles. The Morgan fingerprint density at radius 2 is 2.16 bits per heavy atom. The van der Waals surface area contributed by atoms with Gasteiger partial charge in [0.05, 0.1) is 11.3 Å². The highest BCUT2D eigenvalue weighted by Gasteiger charge is 2.27. The zero-order chi connectivity index (χ0) is 14.2. The van der Waals surface area contributed by atoms with Crippen LogP contribution in [0.15, 0.2) is 6.07 Å². The first kappa shape index (κ1) is 14.0. The van der Waals surface area contributed by atoms with Gasteiger partial charge in [0.1, 0.15) is 0 Å². The molecule has 3 nitrogen and oxygen atoms in total. The van der Waals surface area contributed by atoms with Gasteiger partial charge in [0.25, 0.3) is 0 Å². The maximum Gasteiger partial charge on any atom is 0.337 e. The van der Waals surface area contributed by atoms with Crippen LogP contribution in [0.4, 0.5) is 0 Å². The molecule has 3 heteroatoms. The molecule has 1 unspecified atom stereocenters. The van der Waals surface area contributed by atoms with Crippen molar-refractivity contribution in [1.82, 2.24) is 4.98 Å². The van der Waals surface area contributed by atoms with Gasteiger partial charge in [-0.15, -0.1) is 0 Å². The lowest BCUT2D eigenvalue weighted by molar-refractivity contribution is 0.0693. The van der Waals surface area contributed by atoms with E-state index in [1.165, 1.54) is 6.42 Å². The normalized spacial score (nSPS) is 19.1. The number of pyridine rings is 1. The summed E-state index contributed by atoms with van der Waals surface area (Å²) in [5.74, 6) is -0.185. The van der Waals surface area contributed by atoms with E-state index < -0.39 is 5.97 Å². The van der Waals surface area contributed by atoms with Crippen LogP contribution in [0.1, 0.15) is 67.8 Å². The van der Waals surface area contributed by atoms with Crippen LogP contribution in [-0.4, -0.2) is 16.1 Å². The third kappa shape index (κ3) is 2.80. The molecule has 0 bridgehead atoms. The minimum atomic E-state index is -0.862. The van der Waals surface area contributed by atoms with E-state index >= 15 is 0 Å². The molecular formula is C16H23NO2. The Morgan fingerprint density at radius 3 is 2.68 bits per heavy atom. The van der Waals surface area contributed by atoms with Crippen molar-refractivity contribution in [3.63, 3.8) is 0 Å². The third-order valence-corrected chi connectivity index (χ3v) is 4.01. The zero-order valence-electron chi connectivity index (χ0n) is 12.3. The van der Waals surface area contributed by atoms with E-state index in [2.05, 4.69) is 6.92 Å². The molecule has 104 valence electrons. The van der Waals surface area contributed by atoms with Crippen LogP contribution in [0.25, 0.3) is 0 Å². The largest absolute Gasteiger partial charge is 0.478 e. The molecule has 0 saturated heterocycles. The Labute approximate surface area is 115 Å². The molecule has 0 aliphatic heterocycles. The van der Waals surface area contributed by atoms with Crippen molar-refractivity contribution >= 4 is 5.97 Å². The van der Waals surface area contributed by atoms with Crippen LogP contribution in [0.5, 0.6) is 0 Å². The zero-order valence-corrected chi connectivity index (χ0v) is 12.3. The molecule has 1 atom stereocenters. The number of nitrogens with zero attached hydrogens (tertiary/aromatic N) is 1. The van der Waals surface area contributed by atoms with Crippen molar-refractivity contribution in [2.45, 2.75) is 58.8 Å². The molecule has 2 rings (SSSR count). The lowest BCUT2D eigenvalue weighted by Crippen LogP contribution is -2.24. The van der Waals surface area contributed by atoms with Gasteiger partial charge in [0.15, 0.2) is 0 Å². The van der Waals surface area contributed by atoms with Crippen LogP contribution < -0.4 is 0 Å². The number of carbonyl (C=O) groups is 1. The van der Waals surface area contributed by atoms with Gasteiger partial charge >= 0.3 is 5.97 Å². The second-order valence-corrected chi connectivity index (χ2v) is 6.56. The SMILES string of the molecule is CCC1CCc2nc(C(C)(C)C)c(C(=O)O)cc2C1. The summed E-state index contributed by atoms with van der Waals surface area (Å²) in [5, 5.41) is 9.41. The van der Waals surface area contributed by atoms with E-state index in [4.69, 9.17) is 4.98 Å². The second-order valence-electron chi connectivity index (χ2n) is 6.56. The highest BCUT2D eigenvalue weighted by atomic mass is 16.4. The number of hydrogen-bond acceptors (Lipinski definition) is 2. The average Bonchev–Trinajstić information content (AvgIpc) is 2.35. The maximum absolute atomic E-state index is 11.5. The number of carboxylic acid groups (broad SMARTS) is 1. The summed E-state index contributed by atoms with van der Waals surface area (Å²) in [7, 11) is 0. The van der Waals surface area contributed by atoms with Gasteiger partial charge in [0, 0.05) is 11.1 Å². The van der Waals surface area contributed by atoms with Gasteiger partial charge in [-0.3, -0.25) is 4.98 Å². The topological polar surface area (TPSA) is 50.2 Å². The highest BCUT2D eigenvalue weighted by Crippen LogP contribution is 2.31. The lowest BCUT2D eigenvalue weighted by atomic mass is 9.81. The Hall–Kier alpha value is -1.38. The number of hydrogen-bond donors (Lipinski definition) is 1. The fraction of sp³-hybridized carbons (Fsp3) is 0.625. The molecule has 0 amide bonds. The number of aryl methyl sites for hydroxylation is 1. The molecule has 1 N–H and O–H groups in total. The second kappa shape index (κ2) is 4.95. The van der Waals surface area contributed by atoms with E-state index in [1.807, 2.05) is 26.8 Å². The fourth-order valence-electron chi connectivity index (χ4n) is 2.82. The number of aromatic nitrogens is 1. The molecule has 1 heterocycles. The van der Waals surface area contributed by atoms with Crippen LogP contribution in [0.2, 0.25) is 0 Å². The summed E-state index contributed by atoms with van der Waals surface area (Å²) < 4.78 is 0. The summed E-state index contributed by atoms with van der Waals surface area (Å²) in [6, 6.07) is 1.87. The standard InChI is InChI=1S/C16H23NO2/c1-5-10-6-7-13-11(8-10)9-12(15(18)19)14(17-13)16(2,3)4/h9-10H,5-8H2,1-4H3,(H,18,19). The van der Waals surface area contributed by atoms with Gasteiger partial charge in [0.2, 0.25) is 0 Å². The van der Waals surface area contributed by atoms with Gasteiger partial charge < -0.3 is 5.11 Å². The Bertz CT molecular complexity index is 500. The van der Waals surface area contributed by atoms with Crippen molar-refractivity contribution in [3.8, 4) is 0 Å². The summed E-state index contributed by atoms with van der Waals surface area (Å²) in [6.45, 7) is 8.26. The molecule has 1 aliphatic carbocycles. The first-order valence-electron chi connectivity index (χ1n) is 7.09. The van der Waals surface area contributed by atoms with Gasteiger partial charge in [-0.1, -0.05) is 34.1 Å². The van der Waals surface area contributed by atoms with Crippen molar-refractivity contribution in [2.24, 2.45) is 5.92 Å². The predicted molar refractivity (Wildman–Crippen MR) is 75.7 cm³/mol. The Morgan fingerprint density at radius 1 is 1.47 bits per heavy atom. The van der Waals surface area contributed by atoms with Gasteiger partial charge in [-0.25, -0.2) is 4.79 Å². The average molecular weight is 261 g/mol. The minimum absolute atomic E-state index is 0.232. The summed E-state index contributed by atoms with van der Waals surface area (Å²) in [5.41, 5.74) is 3.12. The Kier molecular flexibility index (Phi) is 3.66. The summed E-state index contributed by atoms with van der Waals surface area (Å²) in [6.07, 6.45) is 4.29. The summed E-state index contributed by atoms with van der Waals surface area (Å²) >= 11 is 0. The first-order chi connectivity index (χ1) is 8.82. The molecule has 1 aromatic rings. The number of aromatic carboxylic acids is 1. The molecule has 0 saturated carbocycles. The molecular weight excluding hydrogens is 238 g/mol. The first-order valence-corrected chi connectivity index (χ1v) is 7.09. The van der Waals surface area contributed by atoms with Crippen LogP contribution in [0.3, 0.4) is 0 Å². The summed E-state index contributed by atoms with van der Waals surface area (Å²) in [4.78, 5) is 16.2. The van der Waals surface area contributed by atoms with Crippen molar-refractivity contribution in [3.05, 3.63) is 28.6 Å². The van der Waals surface area contributed by atoms with Gasteiger partial charge in [-0.2, -0.15) is 0 Å². The smallest absolute Gasteiger partial charge is 0.337 e. The minimum Gasteiger partial charge on any atom is -0.478 e. The fourth-order valence-corrected chi connectivity index (χ4v) is 2.82. The molecule has 19 heavy (non-hydrogen) atoms. The molecule has 0 radical (unpaired) electrons. The number of fused-ring (bicyclic) bond motifs is 1. The van der Waals surface area contributed by atoms with E-state index in [-0.39, 0.29) is 5.41 Å². The number of carboxylic acids is 1. The molecule has 1 aromatic heterocycles. The van der Waals surface area contributed by atoms with E-state index in [0.717, 1.165) is 30.5 Å². The third-order valence-electron chi connectivity index (χ3n) is 4.01. The lowest BCUT2D eigenvalue weighted by Gasteiger charge is -2.27. The van der Waals surface area contributed by atoms with E-state index in [9.17, 15) is 9.90 Å². The molecule has 0 spiro atoms. The van der Waals surface area contributed by atoms with Crippen LogP contribution in [-0.2, 0) is 18.3 Å². The van der Waals surface area contributed by atoms with Crippen LogP contribution in [0, 0.1) is 5.92 Å². The highest BCUT2D eigenvalue weighted by molar-refractivity contribution is 5.89. The Balaban J connectivity index is 2.52. The van der Waals surface area contributed by atoms with Gasteiger partial charge in [-0.05, 0) is 36.8 Å².